The van der Waals surface area contributed by atoms with Crippen molar-refractivity contribution in [2.75, 3.05) is 37.7 Å². The van der Waals surface area contributed by atoms with Gasteiger partial charge in [0.2, 0.25) is 0 Å². The Morgan fingerprint density at radius 1 is 1.21 bits per heavy atom. The number of aryl methyl sites for hydroxylation is 1. The highest BCUT2D eigenvalue weighted by atomic mass is 16.5. The minimum atomic E-state index is 0.801. The van der Waals surface area contributed by atoms with Crippen LogP contribution in [0.1, 0.15) is 30.4 Å². The van der Waals surface area contributed by atoms with E-state index in [4.69, 9.17) is 4.74 Å². The van der Waals surface area contributed by atoms with Crippen molar-refractivity contribution in [3.63, 3.8) is 0 Å². The van der Waals surface area contributed by atoms with Crippen LogP contribution in [0.25, 0.3) is 0 Å². The van der Waals surface area contributed by atoms with E-state index in [1.807, 2.05) is 6.20 Å². The zero-order valence-corrected chi connectivity index (χ0v) is 11.6. The number of pyridine rings is 1. The van der Waals surface area contributed by atoms with Crippen molar-refractivity contribution < 1.29 is 4.74 Å². The van der Waals surface area contributed by atoms with Gasteiger partial charge in [0.25, 0.3) is 0 Å². The van der Waals surface area contributed by atoms with Crippen molar-refractivity contribution in [2.45, 2.75) is 26.2 Å². The summed E-state index contributed by atoms with van der Waals surface area (Å²) in [7, 11) is 0. The molecule has 0 spiro atoms. The molecule has 0 N–H and O–H groups in total. The molecule has 1 fully saturated rings. The second kappa shape index (κ2) is 5.70. The Kier molecular flexibility index (Phi) is 3.78. The molecule has 2 aliphatic rings. The zero-order chi connectivity index (χ0) is 13.1. The first-order valence-corrected chi connectivity index (χ1v) is 7.17. The maximum Gasteiger partial charge on any atom is 0.128 e. The highest BCUT2D eigenvalue weighted by molar-refractivity contribution is 6.02. The molecule has 0 aromatic carbocycles. The molecule has 4 heteroatoms. The van der Waals surface area contributed by atoms with Gasteiger partial charge in [0, 0.05) is 37.1 Å². The Bertz CT molecular complexity index is 478. The lowest BCUT2D eigenvalue weighted by Gasteiger charge is -2.28. The van der Waals surface area contributed by atoms with Crippen molar-refractivity contribution in [3.05, 3.63) is 23.4 Å². The molecule has 19 heavy (non-hydrogen) atoms. The van der Waals surface area contributed by atoms with Crippen LogP contribution in [0.3, 0.4) is 0 Å². The molecule has 0 aliphatic carbocycles. The fourth-order valence-corrected chi connectivity index (χ4v) is 2.73. The Labute approximate surface area is 114 Å². The molecular weight excluding hydrogens is 238 g/mol. The monoisotopic (exact) mass is 259 g/mol. The van der Waals surface area contributed by atoms with E-state index in [9.17, 15) is 0 Å². The smallest absolute Gasteiger partial charge is 0.128 e. The molecule has 102 valence electrons. The maximum absolute atomic E-state index is 5.38. The maximum atomic E-state index is 5.38. The molecule has 1 aromatic rings. The standard InChI is InChI=1S/C15H21N3O/c1-12-10-15(18-6-8-19-9-7-18)17-11-13(12)14-4-2-3-5-16-14/h10-11H,2-9H2,1H3. The lowest BCUT2D eigenvalue weighted by molar-refractivity contribution is 0.122. The molecule has 1 saturated heterocycles. The summed E-state index contributed by atoms with van der Waals surface area (Å²) in [6, 6.07) is 2.19. The van der Waals surface area contributed by atoms with E-state index >= 15 is 0 Å². The summed E-state index contributed by atoms with van der Waals surface area (Å²) >= 11 is 0. The lowest BCUT2D eigenvalue weighted by Crippen LogP contribution is -2.36. The fraction of sp³-hybridized carbons (Fsp3) is 0.600. The van der Waals surface area contributed by atoms with Gasteiger partial charge < -0.3 is 9.64 Å². The van der Waals surface area contributed by atoms with E-state index in [0.717, 1.165) is 45.1 Å². The molecule has 4 nitrogen and oxygen atoms in total. The molecule has 0 radical (unpaired) electrons. The van der Waals surface area contributed by atoms with Crippen molar-refractivity contribution in [1.29, 1.82) is 0 Å². The van der Waals surface area contributed by atoms with E-state index < -0.39 is 0 Å². The minimum Gasteiger partial charge on any atom is -0.378 e. The number of rotatable bonds is 2. The van der Waals surface area contributed by atoms with Crippen LogP contribution in [0.5, 0.6) is 0 Å². The molecule has 0 unspecified atom stereocenters. The number of aromatic nitrogens is 1. The van der Waals surface area contributed by atoms with Gasteiger partial charge in [-0.15, -0.1) is 0 Å². The van der Waals surface area contributed by atoms with Crippen LogP contribution in [0.4, 0.5) is 5.82 Å². The topological polar surface area (TPSA) is 37.7 Å². The highest BCUT2D eigenvalue weighted by Gasteiger charge is 2.15. The van der Waals surface area contributed by atoms with Gasteiger partial charge in [0.05, 0.1) is 13.2 Å². The van der Waals surface area contributed by atoms with Gasteiger partial charge in [0.15, 0.2) is 0 Å². The predicted molar refractivity (Wildman–Crippen MR) is 77.3 cm³/mol. The van der Waals surface area contributed by atoms with Crippen molar-refractivity contribution in [1.82, 2.24) is 4.98 Å². The van der Waals surface area contributed by atoms with Gasteiger partial charge in [0.1, 0.15) is 5.82 Å². The summed E-state index contributed by atoms with van der Waals surface area (Å²) in [6.45, 7) is 6.61. The molecule has 0 saturated carbocycles. The summed E-state index contributed by atoms with van der Waals surface area (Å²) in [5, 5.41) is 0. The quantitative estimate of drug-likeness (QED) is 0.817. The number of morpholine rings is 1. The van der Waals surface area contributed by atoms with Crippen molar-refractivity contribution in [3.8, 4) is 0 Å². The minimum absolute atomic E-state index is 0.801. The van der Waals surface area contributed by atoms with Crippen molar-refractivity contribution in [2.24, 2.45) is 4.99 Å². The first-order chi connectivity index (χ1) is 9.34. The Morgan fingerprint density at radius 2 is 2.05 bits per heavy atom. The van der Waals surface area contributed by atoms with Gasteiger partial charge in [-0.1, -0.05) is 0 Å². The second-order valence-electron chi connectivity index (χ2n) is 5.24. The average molecular weight is 259 g/mol. The van der Waals surface area contributed by atoms with Gasteiger partial charge in [-0.25, -0.2) is 4.98 Å². The largest absolute Gasteiger partial charge is 0.378 e. The third-order valence-corrected chi connectivity index (χ3v) is 3.87. The van der Waals surface area contributed by atoms with E-state index in [-0.39, 0.29) is 0 Å². The molecule has 3 rings (SSSR count). The van der Waals surface area contributed by atoms with Gasteiger partial charge in [-0.2, -0.15) is 0 Å². The molecule has 3 heterocycles. The zero-order valence-electron chi connectivity index (χ0n) is 11.6. The van der Waals surface area contributed by atoms with Crippen LogP contribution >= 0.6 is 0 Å². The molecule has 0 amide bonds. The van der Waals surface area contributed by atoms with Crippen LogP contribution in [0.15, 0.2) is 17.3 Å². The number of hydrogen-bond donors (Lipinski definition) is 0. The van der Waals surface area contributed by atoms with Crippen LogP contribution in [0, 0.1) is 6.92 Å². The number of anilines is 1. The molecular formula is C15H21N3O. The SMILES string of the molecule is Cc1cc(N2CCOCC2)ncc1C1=NCCCC1. The van der Waals surface area contributed by atoms with Crippen LogP contribution < -0.4 is 4.90 Å². The van der Waals surface area contributed by atoms with Gasteiger partial charge in [-0.3, -0.25) is 4.99 Å². The fourth-order valence-electron chi connectivity index (χ4n) is 2.73. The third kappa shape index (κ3) is 2.78. The van der Waals surface area contributed by atoms with E-state index in [1.165, 1.54) is 29.7 Å². The normalized spacial score (nSPS) is 20.3. The van der Waals surface area contributed by atoms with Crippen LogP contribution in [-0.2, 0) is 4.74 Å². The summed E-state index contributed by atoms with van der Waals surface area (Å²) in [5.74, 6) is 1.07. The molecule has 0 bridgehead atoms. The Hall–Kier alpha value is -1.42. The Morgan fingerprint density at radius 3 is 2.74 bits per heavy atom. The second-order valence-corrected chi connectivity index (χ2v) is 5.24. The number of nitrogens with zero attached hydrogens (tertiary/aromatic N) is 3. The number of ether oxygens (including phenoxy) is 1. The molecule has 0 atom stereocenters. The summed E-state index contributed by atoms with van der Waals surface area (Å²) < 4.78 is 5.38. The van der Waals surface area contributed by atoms with Gasteiger partial charge in [-0.05, 0) is 37.8 Å². The lowest BCUT2D eigenvalue weighted by atomic mass is 9.99. The predicted octanol–water partition coefficient (Wildman–Crippen LogP) is 2.20. The molecule has 1 aromatic heterocycles. The average Bonchev–Trinajstić information content (AvgIpc) is 2.49. The Balaban J connectivity index is 1.82. The van der Waals surface area contributed by atoms with Crippen molar-refractivity contribution >= 4 is 11.5 Å². The first kappa shape index (κ1) is 12.6. The van der Waals surface area contributed by atoms with E-state index in [1.54, 1.807) is 0 Å². The van der Waals surface area contributed by atoms with Gasteiger partial charge >= 0.3 is 0 Å². The number of hydrogen-bond acceptors (Lipinski definition) is 4. The van der Waals surface area contributed by atoms with E-state index in [2.05, 4.69) is 27.9 Å². The van der Waals surface area contributed by atoms with E-state index in [0.29, 0.717) is 0 Å². The third-order valence-electron chi connectivity index (χ3n) is 3.87. The van der Waals surface area contributed by atoms with Crippen LogP contribution in [0.2, 0.25) is 0 Å². The summed E-state index contributed by atoms with van der Waals surface area (Å²) in [4.78, 5) is 11.6. The number of aliphatic imine (C=N–C) groups is 1. The highest BCUT2D eigenvalue weighted by Crippen LogP contribution is 2.20. The van der Waals surface area contributed by atoms with Crippen LogP contribution in [-0.4, -0.2) is 43.5 Å². The first-order valence-electron chi connectivity index (χ1n) is 7.17. The molecule has 2 aliphatic heterocycles. The summed E-state index contributed by atoms with van der Waals surface area (Å²) in [6.07, 6.45) is 5.58. The summed E-state index contributed by atoms with van der Waals surface area (Å²) in [5.41, 5.74) is 3.76.